The van der Waals surface area contributed by atoms with Gasteiger partial charge in [-0.1, -0.05) is 34.6 Å². The number of halogens is 2. The van der Waals surface area contributed by atoms with Gasteiger partial charge in [0, 0.05) is 16.0 Å². The number of thioether (sulfide) groups is 1. The summed E-state index contributed by atoms with van der Waals surface area (Å²) >= 11 is 20.6. The maximum absolute atomic E-state index is 9.99. The first-order chi connectivity index (χ1) is 15.9. The molecule has 15 heteroatoms. The quantitative estimate of drug-likeness (QED) is 0.152. The molecule has 0 aliphatic rings. The van der Waals surface area contributed by atoms with Gasteiger partial charge >= 0.3 is 5.97 Å². The average Bonchev–Trinajstić information content (AvgIpc) is 3.22. The largest absolute Gasteiger partial charge is 0.481 e. The molecule has 1 atom stereocenters. The highest BCUT2D eigenvalue weighted by molar-refractivity contribution is 8.69. The molecule has 192 valence electrons. The van der Waals surface area contributed by atoms with Crippen LogP contribution in [0.25, 0.3) is 0 Å². The SMILES string of the molecule is CCOP(=S)(OCC)SCSc1cc(Cl)ccc1Cl.NC(=O)CC(N)C(=O)O.Oc1ccco1. The Bertz CT molecular complexity index is 913. The lowest BCUT2D eigenvalue weighted by Crippen LogP contribution is -2.34. The third-order valence-corrected chi connectivity index (χ3v) is 10.9. The van der Waals surface area contributed by atoms with Crippen LogP contribution in [0.1, 0.15) is 20.3 Å². The summed E-state index contributed by atoms with van der Waals surface area (Å²) < 4.78 is 15.5. The molecule has 1 aromatic carbocycles. The van der Waals surface area contributed by atoms with Gasteiger partial charge in [-0.15, -0.1) is 11.8 Å². The smallest absolute Gasteiger partial charge is 0.321 e. The van der Waals surface area contributed by atoms with Crippen molar-refractivity contribution in [3.8, 4) is 5.95 Å². The van der Waals surface area contributed by atoms with Crippen LogP contribution in [-0.4, -0.2) is 46.4 Å². The summed E-state index contributed by atoms with van der Waals surface area (Å²) in [4.78, 5) is 20.8. The van der Waals surface area contributed by atoms with Crippen molar-refractivity contribution in [1.82, 2.24) is 0 Å². The Hall–Kier alpha value is -0.950. The predicted octanol–water partition coefficient (Wildman–Crippen LogP) is 5.33. The van der Waals surface area contributed by atoms with E-state index in [-0.39, 0.29) is 12.4 Å². The number of carboxylic acids is 1. The van der Waals surface area contributed by atoms with Gasteiger partial charge in [0.05, 0.1) is 36.0 Å². The van der Waals surface area contributed by atoms with Crippen LogP contribution in [-0.2, 0) is 30.4 Å². The first-order valence-corrected chi connectivity index (χ1v) is 15.5. The lowest BCUT2D eigenvalue weighted by Gasteiger charge is -2.19. The monoisotopic (exact) mass is 592 g/mol. The number of furan rings is 1. The van der Waals surface area contributed by atoms with Gasteiger partial charge < -0.3 is 35.1 Å². The van der Waals surface area contributed by atoms with Crippen molar-refractivity contribution in [2.75, 3.05) is 18.3 Å². The van der Waals surface area contributed by atoms with Crippen LogP contribution in [0, 0.1) is 0 Å². The van der Waals surface area contributed by atoms with Crippen molar-refractivity contribution < 1.29 is 33.3 Å². The van der Waals surface area contributed by atoms with Crippen molar-refractivity contribution in [2.45, 2.75) is 31.2 Å². The Morgan fingerprint density at radius 2 is 1.85 bits per heavy atom. The standard InChI is InChI=1S/C11H15Cl2O2PS3.C4H8N2O3.C4H4O2/c1-3-14-16(17,15-4-2)19-8-18-11-7-9(12)5-6-10(11)13;5-2(4(8)9)1-3(6)7;5-4-2-1-3-6-4/h5-7H,3-4,8H2,1-2H3;2H,1,5H2,(H2,6,7)(H,8,9);1-3,5H. The first-order valence-electron chi connectivity index (χ1n) is 9.54. The molecule has 0 fully saturated rings. The number of carbonyl (C=O) groups excluding carboxylic acids is 1. The lowest BCUT2D eigenvalue weighted by atomic mass is 10.2. The summed E-state index contributed by atoms with van der Waals surface area (Å²) in [5.74, 6) is -1.95. The zero-order chi connectivity index (χ0) is 26.1. The van der Waals surface area contributed by atoms with Gasteiger partial charge in [0.2, 0.25) is 11.6 Å². The summed E-state index contributed by atoms with van der Waals surface area (Å²) in [6.07, 6.45) is 1.10. The van der Waals surface area contributed by atoms with Gasteiger partial charge in [0.15, 0.2) is 0 Å². The lowest BCUT2D eigenvalue weighted by molar-refractivity contribution is -0.140. The van der Waals surface area contributed by atoms with Crippen molar-refractivity contribution in [3.63, 3.8) is 0 Å². The van der Waals surface area contributed by atoms with E-state index in [1.165, 1.54) is 23.7 Å². The molecule has 1 aromatic heterocycles. The number of carbonyl (C=O) groups is 2. The Kier molecular flexibility index (Phi) is 17.8. The molecule has 0 bridgehead atoms. The minimum atomic E-state index is -2.23. The number of aliphatic carboxylic acids is 1. The highest BCUT2D eigenvalue weighted by Gasteiger charge is 2.19. The number of benzene rings is 1. The summed E-state index contributed by atoms with van der Waals surface area (Å²) in [6.45, 7) is 4.96. The van der Waals surface area contributed by atoms with E-state index < -0.39 is 23.6 Å². The van der Waals surface area contributed by atoms with E-state index >= 15 is 0 Å². The van der Waals surface area contributed by atoms with Gasteiger partial charge in [0.25, 0.3) is 5.95 Å². The van der Waals surface area contributed by atoms with Gasteiger partial charge in [-0.3, -0.25) is 9.59 Å². The van der Waals surface area contributed by atoms with E-state index in [1.54, 1.807) is 30.0 Å². The van der Waals surface area contributed by atoms with Crippen LogP contribution in [0.3, 0.4) is 0 Å². The fraction of sp³-hybridized carbons (Fsp3) is 0.368. The summed E-state index contributed by atoms with van der Waals surface area (Å²) in [5, 5.41) is 18.5. The van der Waals surface area contributed by atoms with Crippen molar-refractivity contribution in [2.24, 2.45) is 11.5 Å². The molecule has 1 heterocycles. The van der Waals surface area contributed by atoms with Crippen LogP contribution >= 0.6 is 52.0 Å². The molecule has 0 aliphatic carbocycles. The number of carboxylic acid groups (broad SMARTS) is 1. The molecule has 0 aliphatic heterocycles. The number of amides is 1. The highest BCUT2D eigenvalue weighted by atomic mass is 35.5. The molecular weight excluding hydrogens is 566 g/mol. The van der Waals surface area contributed by atoms with Crippen LogP contribution in [0.2, 0.25) is 10.0 Å². The number of primary amides is 1. The van der Waals surface area contributed by atoms with Crippen molar-refractivity contribution >= 4 is 75.7 Å². The third-order valence-electron chi connectivity index (χ3n) is 3.14. The molecule has 1 unspecified atom stereocenters. The molecule has 1 amide bonds. The maximum atomic E-state index is 9.99. The molecule has 0 saturated heterocycles. The number of hydrogen-bond donors (Lipinski definition) is 4. The Balaban J connectivity index is 0.000000594. The molecule has 2 rings (SSSR count). The Labute approximate surface area is 221 Å². The molecule has 2 aromatic rings. The van der Waals surface area contributed by atoms with E-state index in [2.05, 4.69) is 10.2 Å². The molecule has 9 nitrogen and oxygen atoms in total. The molecular formula is C19H27Cl2N2O7PS3. The predicted molar refractivity (Wildman–Crippen MR) is 142 cm³/mol. The number of nitrogens with two attached hydrogens (primary N) is 2. The van der Waals surface area contributed by atoms with Gasteiger partial charge in [-0.2, -0.15) is 0 Å². The molecule has 0 saturated carbocycles. The molecule has 0 radical (unpaired) electrons. The molecule has 34 heavy (non-hydrogen) atoms. The minimum absolute atomic E-state index is 0.0324. The van der Waals surface area contributed by atoms with Crippen LogP contribution in [0.4, 0.5) is 0 Å². The zero-order valence-electron chi connectivity index (χ0n) is 18.4. The zero-order valence-corrected chi connectivity index (χ0v) is 23.2. The van der Waals surface area contributed by atoms with Crippen molar-refractivity contribution in [3.05, 3.63) is 46.6 Å². The molecule has 6 N–H and O–H groups in total. The second-order valence-corrected chi connectivity index (χ2v) is 14.4. The van der Waals surface area contributed by atoms with Crippen molar-refractivity contribution in [1.29, 1.82) is 0 Å². The summed E-state index contributed by atoms with van der Waals surface area (Å²) in [5.41, 5.74) is 7.34. The first kappa shape index (κ1) is 33.0. The van der Waals surface area contributed by atoms with Gasteiger partial charge in [-0.05, 0) is 49.9 Å². The Morgan fingerprint density at radius 1 is 1.24 bits per heavy atom. The van der Waals surface area contributed by atoms with Crippen LogP contribution in [0.15, 0.2) is 45.9 Å². The number of hydrogen-bond acceptors (Lipinski definition) is 10. The second kappa shape index (κ2) is 18.3. The fourth-order valence-corrected chi connectivity index (χ4v) is 9.28. The van der Waals surface area contributed by atoms with E-state index in [1.807, 2.05) is 19.9 Å². The highest BCUT2D eigenvalue weighted by Crippen LogP contribution is 2.62. The molecule has 0 spiro atoms. The minimum Gasteiger partial charge on any atom is -0.481 e. The topological polar surface area (TPSA) is 158 Å². The van der Waals surface area contributed by atoms with Crippen LogP contribution < -0.4 is 11.5 Å². The second-order valence-electron chi connectivity index (χ2n) is 5.82. The van der Waals surface area contributed by atoms with E-state index in [0.29, 0.717) is 23.3 Å². The summed E-state index contributed by atoms with van der Waals surface area (Å²) in [6, 6.07) is 7.33. The Morgan fingerprint density at radius 3 is 2.24 bits per heavy atom. The number of aromatic hydroxyl groups is 1. The van der Waals surface area contributed by atoms with Gasteiger partial charge in [0.1, 0.15) is 6.04 Å². The van der Waals surface area contributed by atoms with E-state index in [9.17, 15) is 9.59 Å². The summed E-state index contributed by atoms with van der Waals surface area (Å²) in [7, 11) is 0. The van der Waals surface area contributed by atoms with E-state index in [0.717, 1.165) is 9.98 Å². The number of rotatable bonds is 11. The maximum Gasteiger partial charge on any atom is 0.321 e. The van der Waals surface area contributed by atoms with Crippen LogP contribution in [0.5, 0.6) is 5.95 Å². The third kappa shape index (κ3) is 15.9. The normalized spacial score (nSPS) is 11.4. The fourth-order valence-electron chi connectivity index (χ4n) is 1.74. The van der Waals surface area contributed by atoms with E-state index in [4.69, 9.17) is 60.0 Å². The van der Waals surface area contributed by atoms with Gasteiger partial charge in [-0.25, -0.2) is 0 Å². The average molecular weight is 594 g/mol.